The number of nitrogens with one attached hydrogen (secondary N) is 1. The van der Waals surface area contributed by atoms with Crippen LogP contribution in [0.2, 0.25) is 0 Å². The average Bonchev–Trinajstić information content (AvgIpc) is 2.49. The lowest BCUT2D eigenvalue weighted by atomic mass is 10.1. The number of carbonyl (C=O) groups is 1. The Morgan fingerprint density at radius 3 is 2.62 bits per heavy atom. The Morgan fingerprint density at radius 2 is 2.00 bits per heavy atom. The second kappa shape index (κ2) is 6.06. The molecule has 0 bridgehead atoms. The highest BCUT2D eigenvalue weighted by molar-refractivity contribution is 6.04. The van der Waals surface area contributed by atoms with Crippen molar-refractivity contribution in [3.8, 4) is 6.07 Å². The third-order valence-corrected chi connectivity index (χ3v) is 2.97. The van der Waals surface area contributed by atoms with Gasteiger partial charge in [-0.25, -0.2) is 4.39 Å². The van der Waals surface area contributed by atoms with E-state index in [0.717, 1.165) is 11.8 Å². The molecule has 4 nitrogen and oxygen atoms in total. The molecular formula is C16H14FN3O. The summed E-state index contributed by atoms with van der Waals surface area (Å²) < 4.78 is 13.7. The van der Waals surface area contributed by atoms with Crippen molar-refractivity contribution >= 4 is 17.3 Å². The quantitative estimate of drug-likeness (QED) is 0.942. The molecule has 0 spiro atoms. The number of amides is 1. The summed E-state index contributed by atoms with van der Waals surface area (Å²) in [6.45, 7) is 0. The number of carbonyl (C=O) groups excluding carboxylic acids is 1. The van der Waals surface area contributed by atoms with Crippen LogP contribution in [0.15, 0.2) is 42.5 Å². The van der Waals surface area contributed by atoms with Crippen molar-refractivity contribution in [2.75, 3.05) is 24.3 Å². The highest BCUT2D eigenvalue weighted by Gasteiger charge is 2.10. The van der Waals surface area contributed by atoms with Gasteiger partial charge in [-0.2, -0.15) is 5.26 Å². The predicted octanol–water partition coefficient (Wildman–Crippen LogP) is 3.02. The largest absolute Gasteiger partial charge is 0.378 e. The molecule has 1 amide bonds. The summed E-state index contributed by atoms with van der Waals surface area (Å²) in [5, 5.41) is 11.2. The summed E-state index contributed by atoms with van der Waals surface area (Å²) in [5.74, 6) is -1.03. The number of nitrogens with zero attached hydrogens (tertiary/aromatic N) is 2. The van der Waals surface area contributed by atoms with Crippen LogP contribution in [0.1, 0.15) is 15.9 Å². The predicted molar refractivity (Wildman–Crippen MR) is 79.8 cm³/mol. The molecule has 0 aliphatic carbocycles. The van der Waals surface area contributed by atoms with Crippen LogP contribution >= 0.6 is 0 Å². The van der Waals surface area contributed by atoms with Gasteiger partial charge in [-0.05, 0) is 36.4 Å². The number of halogens is 1. The first kappa shape index (κ1) is 14.5. The first-order valence-electron chi connectivity index (χ1n) is 6.29. The minimum absolute atomic E-state index is 0.0502. The van der Waals surface area contributed by atoms with Gasteiger partial charge in [0.15, 0.2) is 0 Å². The molecule has 0 unspecified atom stereocenters. The molecule has 0 aromatic heterocycles. The molecule has 5 heteroatoms. The van der Waals surface area contributed by atoms with Crippen molar-refractivity contribution in [2.24, 2.45) is 0 Å². The Kier molecular flexibility index (Phi) is 4.19. The van der Waals surface area contributed by atoms with Crippen LogP contribution in [0.5, 0.6) is 0 Å². The Balaban J connectivity index is 2.22. The zero-order valence-corrected chi connectivity index (χ0v) is 11.7. The summed E-state index contributed by atoms with van der Waals surface area (Å²) in [6, 6.07) is 12.8. The molecule has 106 valence electrons. The summed E-state index contributed by atoms with van der Waals surface area (Å²) in [5.41, 5.74) is 1.57. The van der Waals surface area contributed by atoms with E-state index in [4.69, 9.17) is 5.26 Å². The van der Waals surface area contributed by atoms with Crippen molar-refractivity contribution in [3.05, 3.63) is 59.4 Å². The second-order valence-corrected chi connectivity index (χ2v) is 4.71. The molecular weight excluding hydrogens is 269 g/mol. The fourth-order valence-corrected chi connectivity index (χ4v) is 1.81. The minimum atomic E-state index is -0.633. The fraction of sp³-hybridized carbons (Fsp3) is 0.125. The van der Waals surface area contributed by atoms with Crippen LogP contribution in [0.4, 0.5) is 15.8 Å². The van der Waals surface area contributed by atoms with Crippen molar-refractivity contribution in [2.45, 2.75) is 0 Å². The van der Waals surface area contributed by atoms with E-state index >= 15 is 0 Å². The van der Waals surface area contributed by atoms with E-state index in [1.165, 1.54) is 12.1 Å². The standard InChI is InChI=1S/C16H14FN3O/c1-20(2)13-5-3-4-12(9-13)16(21)19-15-7-6-11(10-18)8-14(15)17/h3-9H,1-2H3,(H,19,21). The second-order valence-electron chi connectivity index (χ2n) is 4.71. The average molecular weight is 283 g/mol. The minimum Gasteiger partial charge on any atom is -0.378 e. The van der Waals surface area contributed by atoms with Gasteiger partial charge >= 0.3 is 0 Å². The number of nitriles is 1. The zero-order valence-electron chi connectivity index (χ0n) is 11.7. The third kappa shape index (κ3) is 3.37. The van der Waals surface area contributed by atoms with Gasteiger partial charge in [-0.3, -0.25) is 4.79 Å². The monoisotopic (exact) mass is 283 g/mol. The van der Waals surface area contributed by atoms with Gasteiger partial charge in [-0.15, -0.1) is 0 Å². The van der Waals surface area contributed by atoms with Crippen molar-refractivity contribution in [3.63, 3.8) is 0 Å². The van der Waals surface area contributed by atoms with E-state index in [1.54, 1.807) is 18.2 Å². The van der Waals surface area contributed by atoms with Crippen molar-refractivity contribution in [1.82, 2.24) is 0 Å². The van der Waals surface area contributed by atoms with Gasteiger partial charge < -0.3 is 10.2 Å². The number of rotatable bonds is 3. The smallest absolute Gasteiger partial charge is 0.255 e. The van der Waals surface area contributed by atoms with E-state index in [1.807, 2.05) is 31.1 Å². The lowest BCUT2D eigenvalue weighted by Crippen LogP contribution is -2.15. The molecule has 0 saturated heterocycles. The third-order valence-electron chi connectivity index (χ3n) is 2.97. The number of hydrogen-bond donors (Lipinski definition) is 1. The normalized spacial score (nSPS) is 9.81. The summed E-state index contributed by atoms with van der Waals surface area (Å²) in [4.78, 5) is 14.0. The molecule has 21 heavy (non-hydrogen) atoms. The topological polar surface area (TPSA) is 56.1 Å². The van der Waals surface area contributed by atoms with Gasteiger partial charge in [0.1, 0.15) is 5.82 Å². The molecule has 1 N–H and O–H groups in total. The maximum Gasteiger partial charge on any atom is 0.255 e. The molecule has 0 aliphatic rings. The molecule has 2 rings (SSSR count). The van der Waals surface area contributed by atoms with Gasteiger partial charge in [0.2, 0.25) is 0 Å². The van der Waals surface area contributed by atoms with Gasteiger partial charge in [0.25, 0.3) is 5.91 Å². The van der Waals surface area contributed by atoms with E-state index in [2.05, 4.69) is 5.32 Å². The van der Waals surface area contributed by atoms with Crippen LogP contribution in [-0.2, 0) is 0 Å². The van der Waals surface area contributed by atoms with Gasteiger partial charge in [0, 0.05) is 25.3 Å². The van der Waals surface area contributed by atoms with Crippen LogP contribution in [0, 0.1) is 17.1 Å². The molecule has 0 aliphatic heterocycles. The Hall–Kier alpha value is -2.87. The number of anilines is 2. The van der Waals surface area contributed by atoms with Crippen LogP contribution in [0.25, 0.3) is 0 Å². The Morgan fingerprint density at radius 1 is 1.24 bits per heavy atom. The Labute approximate surface area is 122 Å². The maximum atomic E-state index is 13.7. The van der Waals surface area contributed by atoms with Gasteiger partial charge in [-0.1, -0.05) is 6.07 Å². The fourth-order valence-electron chi connectivity index (χ4n) is 1.81. The highest BCUT2D eigenvalue weighted by atomic mass is 19.1. The lowest BCUT2D eigenvalue weighted by molar-refractivity contribution is 0.102. The van der Waals surface area contributed by atoms with Crippen LogP contribution < -0.4 is 10.2 Å². The number of hydrogen-bond acceptors (Lipinski definition) is 3. The van der Waals surface area contributed by atoms with E-state index in [9.17, 15) is 9.18 Å². The molecule has 2 aromatic carbocycles. The molecule has 0 radical (unpaired) electrons. The highest BCUT2D eigenvalue weighted by Crippen LogP contribution is 2.18. The van der Waals surface area contributed by atoms with Crippen LogP contribution in [0.3, 0.4) is 0 Å². The maximum absolute atomic E-state index is 13.7. The van der Waals surface area contributed by atoms with E-state index in [0.29, 0.717) is 5.56 Å². The zero-order chi connectivity index (χ0) is 15.4. The SMILES string of the molecule is CN(C)c1cccc(C(=O)Nc2ccc(C#N)cc2F)c1. The van der Waals surface area contributed by atoms with Crippen molar-refractivity contribution in [1.29, 1.82) is 5.26 Å². The van der Waals surface area contributed by atoms with Crippen molar-refractivity contribution < 1.29 is 9.18 Å². The number of benzene rings is 2. The molecule has 0 atom stereocenters. The molecule has 2 aromatic rings. The summed E-state index contributed by atoms with van der Waals surface area (Å²) >= 11 is 0. The van der Waals surface area contributed by atoms with Crippen LogP contribution in [-0.4, -0.2) is 20.0 Å². The first-order valence-corrected chi connectivity index (χ1v) is 6.29. The van der Waals surface area contributed by atoms with Gasteiger partial charge in [0.05, 0.1) is 17.3 Å². The molecule has 0 saturated carbocycles. The summed E-state index contributed by atoms with van der Waals surface area (Å²) in [6.07, 6.45) is 0. The molecule has 0 fully saturated rings. The Bertz CT molecular complexity index is 720. The van der Waals surface area contributed by atoms with E-state index < -0.39 is 11.7 Å². The first-order chi connectivity index (χ1) is 10.0. The summed E-state index contributed by atoms with van der Waals surface area (Å²) in [7, 11) is 3.74. The lowest BCUT2D eigenvalue weighted by Gasteiger charge is -2.13. The van der Waals surface area contributed by atoms with E-state index in [-0.39, 0.29) is 11.3 Å². The molecule has 0 heterocycles.